The molecule has 0 aliphatic rings. The second kappa shape index (κ2) is 10.3. The molecule has 1 aromatic carbocycles. The summed E-state index contributed by atoms with van der Waals surface area (Å²) >= 11 is 3.73. The zero-order chi connectivity index (χ0) is 18.9. The average Bonchev–Trinajstić information content (AvgIpc) is 2.48. The van der Waals surface area contributed by atoms with E-state index in [0.29, 0.717) is 5.56 Å². The third-order valence-corrected chi connectivity index (χ3v) is 3.04. The standard InChI is InChI=1S/C9H11NO4.C5H9NO3S/c10-6(9(13)14)3-5-1-2-7(11)8(12)4-5;1-3(7)6-4(2-10)5(8)9/h1-2,4,6,11-12H,3,10H2,(H,13,14);4,10H,2H2,1H3,(H,6,7)(H,8,9)/t6-;4-/m00/s1. The molecule has 9 nitrogen and oxygen atoms in total. The van der Waals surface area contributed by atoms with E-state index in [9.17, 15) is 14.4 Å². The number of aliphatic carboxylic acids is 2. The molecule has 2 atom stereocenters. The molecule has 10 heteroatoms. The number of carboxylic acids is 2. The highest BCUT2D eigenvalue weighted by atomic mass is 32.1. The van der Waals surface area contributed by atoms with Crippen LogP contribution in [0.5, 0.6) is 11.5 Å². The molecule has 7 N–H and O–H groups in total. The van der Waals surface area contributed by atoms with Crippen LogP contribution in [0.1, 0.15) is 12.5 Å². The van der Waals surface area contributed by atoms with E-state index in [-0.39, 0.29) is 29.6 Å². The Morgan fingerprint density at radius 3 is 2.08 bits per heavy atom. The lowest BCUT2D eigenvalue weighted by molar-refractivity contribution is -0.140. The number of phenolic OH excluding ortho intramolecular Hbond substituents is 2. The molecule has 0 aliphatic heterocycles. The fourth-order valence-corrected chi connectivity index (χ4v) is 1.72. The van der Waals surface area contributed by atoms with Gasteiger partial charge in [-0.2, -0.15) is 12.6 Å². The summed E-state index contributed by atoms with van der Waals surface area (Å²) in [5, 5.41) is 37.2. The van der Waals surface area contributed by atoms with Gasteiger partial charge in [-0.05, 0) is 24.1 Å². The number of phenols is 2. The molecule has 0 saturated carbocycles. The van der Waals surface area contributed by atoms with Crippen LogP contribution in [0.4, 0.5) is 0 Å². The van der Waals surface area contributed by atoms with Crippen LogP contribution in [0.15, 0.2) is 18.2 Å². The zero-order valence-electron chi connectivity index (χ0n) is 12.8. The Balaban J connectivity index is 0.000000470. The van der Waals surface area contributed by atoms with Crippen molar-refractivity contribution in [3.8, 4) is 11.5 Å². The molecule has 1 aromatic rings. The summed E-state index contributed by atoms with van der Waals surface area (Å²) in [5.41, 5.74) is 5.86. The molecule has 0 aromatic heterocycles. The van der Waals surface area contributed by atoms with Crippen LogP contribution in [0.2, 0.25) is 0 Å². The average molecular weight is 360 g/mol. The van der Waals surface area contributed by atoms with Gasteiger partial charge in [-0.1, -0.05) is 6.07 Å². The minimum atomic E-state index is -1.10. The summed E-state index contributed by atoms with van der Waals surface area (Å²) in [7, 11) is 0. The molecule has 0 heterocycles. The molecule has 0 radical (unpaired) electrons. The van der Waals surface area contributed by atoms with Gasteiger partial charge < -0.3 is 31.5 Å². The number of amides is 1. The molecule has 0 saturated heterocycles. The Kier molecular flexibility index (Phi) is 9.28. The first-order chi connectivity index (χ1) is 11.1. The quantitative estimate of drug-likeness (QED) is 0.264. The monoisotopic (exact) mass is 360 g/mol. The number of aromatic hydroxyl groups is 2. The van der Waals surface area contributed by atoms with E-state index in [1.165, 1.54) is 25.1 Å². The number of thiol groups is 1. The van der Waals surface area contributed by atoms with Crippen LogP contribution in [0.25, 0.3) is 0 Å². The third-order valence-electron chi connectivity index (χ3n) is 2.67. The lowest BCUT2D eigenvalue weighted by Crippen LogP contribution is -2.40. The highest BCUT2D eigenvalue weighted by molar-refractivity contribution is 7.80. The molecule has 134 valence electrons. The van der Waals surface area contributed by atoms with Gasteiger partial charge in [0.25, 0.3) is 0 Å². The van der Waals surface area contributed by atoms with Crippen molar-refractivity contribution in [3.63, 3.8) is 0 Å². The molecule has 0 spiro atoms. The van der Waals surface area contributed by atoms with E-state index in [1.54, 1.807) is 0 Å². The molecular weight excluding hydrogens is 340 g/mol. The lowest BCUT2D eigenvalue weighted by Gasteiger charge is -2.08. The van der Waals surface area contributed by atoms with Crippen molar-refractivity contribution in [3.05, 3.63) is 23.8 Å². The Bertz CT molecular complexity index is 594. The summed E-state index contributed by atoms with van der Waals surface area (Å²) in [5.74, 6) is -2.93. The minimum Gasteiger partial charge on any atom is -0.504 e. The van der Waals surface area contributed by atoms with Gasteiger partial charge >= 0.3 is 11.9 Å². The number of benzene rings is 1. The van der Waals surface area contributed by atoms with Crippen LogP contribution in [-0.2, 0) is 20.8 Å². The van der Waals surface area contributed by atoms with Crippen molar-refractivity contribution >= 4 is 30.5 Å². The summed E-state index contributed by atoms with van der Waals surface area (Å²) in [4.78, 5) is 30.9. The highest BCUT2D eigenvalue weighted by Gasteiger charge is 2.15. The lowest BCUT2D eigenvalue weighted by atomic mass is 10.1. The molecule has 0 unspecified atom stereocenters. The predicted octanol–water partition coefficient (Wildman–Crippen LogP) is -0.442. The first-order valence-electron chi connectivity index (χ1n) is 6.68. The SMILES string of the molecule is CC(=O)N[C@@H](CS)C(=O)O.N[C@@H](Cc1ccc(O)c(O)c1)C(=O)O. The number of carbonyl (C=O) groups excluding carboxylic acids is 1. The van der Waals surface area contributed by atoms with Gasteiger partial charge in [-0.15, -0.1) is 0 Å². The van der Waals surface area contributed by atoms with Crippen LogP contribution in [0.3, 0.4) is 0 Å². The van der Waals surface area contributed by atoms with Gasteiger partial charge in [-0.25, -0.2) is 4.79 Å². The fourth-order valence-electron chi connectivity index (χ4n) is 1.47. The number of nitrogens with two attached hydrogens (primary N) is 1. The molecule has 0 aliphatic carbocycles. The van der Waals surface area contributed by atoms with Gasteiger partial charge in [0.05, 0.1) is 0 Å². The summed E-state index contributed by atoms with van der Waals surface area (Å²) in [6, 6.07) is 2.22. The number of hydrogen-bond donors (Lipinski definition) is 7. The summed E-state index contributed by atoms with van der Waals surface area (Å²) in [6.07, 6.45) is 0.114. The number of rotatable bonds is 6. The van der Waals surface area contributed by atoms with E-state index >= 15 is 0 Å². The molecular formula is C14H20N2O7S. The smallest absolute Gasteiger partial charge is 0.327 e. The normalized spacial score (nSPS) is 12.3. The van der Waals surface area contributed by atoms with Crippen LogP contribution in [-0.4, -0.2) is 56.1 Å². The molecule has 0 bridgehead atoms. The second-order valence-corrected chi connectivity index (χ2v) is 5.11. The zero-order valence-corrected chi connectivity index (χ0v) is 13.7. The Labute approximate surface area is 143 Å². The van der Waals surface area contributed by atoms with Gasteiger partial charge in [-0.3, -0.25) is 9.59 Å². The number of carbonyl (C=O) groups is 3. The van der Waals surface area contributed by atoms with Crippen LogP contribution < -0.4 is 11.1 Å². The number of nitrogens with one attached hydrogen (secondary N) is 1. The van der Waals surface area contributed by atoms with Crippen molar-refractivity contribution in [2.45, 2.75) is 25.4 Å². The van der Waals surface area contributed by atoms with Gasteiger partial charge in [0, 0.05) is 12.7 Å². The molecule has 24 heavy (non-hydrogen) atoms. The second-order valence-electron chi connectivity index (χ2n) is 4.75. The maximum atomic E-state index is 10.4. The van der Waals surface area contributed by atoms with Crippen molar-refractivity contribution in [1.82, 2.24) is 5.32 Å². The van der Waals surface area contributed by atoms with Crippen molar-refractivity contribution in [1.29, 1.82) is 0 Å². The molecule has 1 amide bonds. The van der Waals surface area contributed by atoms with Crippen molar-refractivity contribution in [2.75, 3.05) is 5.75 Å². The highest BCUT2D eigenvalue weighted by Crippen LogP contribution is 2.25. The fraction of sp³-hybridized carbons (Fsp3) is 0.357. The van der Waals surface area contributed by atoms with Crippen molar-refractivity contribution in [2.24, 2.45) is 5.73 Å². The first-order valence-corrected chi connectivity index (χ1v) is 7.31. The van der Waals surface area contributed by atoms with E-state index in [0.717, 1.165) is 0 Å². The van der Waals surface area contributed by atoms with Crippen LogP contribution in [0, 0.1) is 0 Å². The molecule has 0 fully saturated rings. The summed E-state index contributed by atoms with van der Waals surface area (Å²) in [6.45, 7) is 1.26. The Morgan fingerprint density at radius 1 is 1.17 bits per heavy atom. The van der Waals surface area contributed by atoms with E-state index < -0.39 is 24.0 Å². The number of carboxylic acid groups (broad SMARTS) is 2. The largest absolute Gasteiger partial charge is 0.504 e. The van der Waals surface area contributed by atoms with Crippen molar-refractivity contribution < 1.29 is 34.8 Å². The van der Waals surface area contributed by atoms with Gasteiger partial charge in [0.15, 0.2) is 11.5 Å². The van der Waals surface area contributed by atoms with Gasteiger partial charge in [0.1, 0.15) is 12.1 Å². The Hall–Kier alpha value is -2.46. The Morgan fingerprint density at radius 2 is 1.75 bits per heavy atom. The van der Waals surface area contributed by atoms with Crippen LogP contribution >= 0.6 is 12.6 Å². The summed E-state index contributed by atoms with van der Waals surface area (Å²) < 4.78 is 0. The van der Waals surface area contributed by atoms with E-state index in [2.05, 4.69) is 17.9 Å². The maximum Gasteiger partial charge on any atom is 0.327 e. The third kappa shape index (κ3) is 8.25. The predicted molar refractivity (Wildman–Crippen MR) is 88.2 cm³/mol. The minimum absolute atomic E-state index is 0.106. The van der Waals surface area contributed by atoms with E-state index in [1.807, 2.05) is 0 Å². The first kappa shape index (κ1) is 21.5. The topological polar surface area (TPSA) is 170 Å². The number of hydrogen-bond acceptors (Lipinski definition) is 7. The maximum absolute atomic E-state index is 10.4. The van der Waals surface area contributed by atoms with E-state index in [4.69, 9.17) is 26.2 Å². The van der Waals surface area contributed by atoms with Gasteiger partial charge in [0.2, 0.25) is 5.91 Å². The molecule has 1 rings (SSSR count).